The molecule has 0 amide bonds. The maximum absolute atomic E-state index is 6.83. The van der Waals surface area contributed by atoms with Crippen LogP contribution in [0.2, 0.25) is 0 Å². The maximum Gasteiger partial charge on any atom is 0.160 e. The van der Waals surface area contributed by atoms with E-state index < -0.39 is 5.41 Å². The van der Waals surface area contributed by atoms with Crippen molar-refractivity contribution in [2.75, 3.05) is 0 Å². The van der Waals surface area contributed by atoms with E-state index >= 15 is 0 Å². The fraction of sp³-hybridized carbons (Fsp3) is 0.0200. The molecule has 3 heterocycles. The lowest BCUT2D eigenvalue weighted by Crippen LogP contribution is -2.34. The van der Waals surface area contributed by atoms with E-state index in [9.17, 15) is 0 Å². The molecule has 1 aliphatic heterocycles. The smallest absolute Gasteiger partial charge is 0.160 e. The number of hydrogen-bond donors (Lipinski definition) is 0. The van der Waals surface area contributed by atoms with Crippen molar-refractivity contribution in [3.8, 4) is 50.6 Å². The van der Waals surface area contributed by atoms with Gasteiger partial charge in [-0.05, 0) is 75.2 Å². The van der Waals surface area contributed by atoms with Crippen LogP contribution in [0.25, 0.3) is 61.7 Å². The van der Waals surface area contributed by atoms with E-state index in [0.29, 0.717) is 11.6 Å². The quantitative estimate of drug-likeness (QED) is 0.174. The van der Waals surface area contributed by atoms with Crippen LogP contribution in [-0.4, -0.2) is 15.0 Å². The molecule has 0 radical (unpaired) electrons. The lowest BCUT2D eigenvalue weighted by Gasteiger charge is -2.40. The van der Waals surface area contributed by atoms with Crippen molar-refractivity contribution in [3.63, 3.8) is 0 Å². The van der Waals surface area contributed by atoms with Gasteiger partial charge in [-0.1, -0.05) is 146 Å². The van der Waals surface area contributed by atoms with Crippen molar-refractivity contribution in [3.05, 3.63) is 223 Å². The van der Waals surface area contributed by atoms with E-state index in [0.717, 1.165) is 61.3 Å². The summed E-state index contributed by atoms with van der Waals surface area (Å²) in [5.41, 5.74) is 12.0. The SMILES string of the molecule is C=CC1=C(/C=C/c2cc(-c3ccccc3)nc(-c3ccccc3)n2)C2(c3cc(-c4cccc5cnccc45)ccc3O1)c1ccccc1-c1ccccc12. The second-order valence-corrected chi connectivity index (χ2v) is 13.6. The summed E-state index contributed by atoms with van der Waals surface area (Å²) >= 11 is 0. The Balaban J connectivity index is 1.22. The lowest BCUT2D eigenvalue weighted by atomic mass is 9.65. The van der Waals surface area contributed by atoms with Crippen LogP contribution in [0.1, 0.15) is 22.4 Å². The Labute approximate surface area is 314 Å². The van der Waals surface area contributed by atoms with Crippen LogP contribution in [0.15, 0.2) is 200 Å². The number of allylic oxidation sites excluding steroid dienone is 3. The predicted octanol–water partition coefficient (Wildman–Crippen LogP) is 11.9. The Morgan fingerprint density at radius 2 is 1.24 bits per heavy atom. The van der Waals surface area contributed by atoms with Crippen LogP contribution in [0.3, 0.4) is 0 Å². The van der Waals surface area contributed by atoms with Crippen LogP contribution in [-0.2, 0) is 5.41 Å². The molecular weight excluding hydrogens is 659 g/mol. The molecule has 0 atom stereocenters. The minimum atomic E-state index is -0.708. The first-order chi connectivity index (χ1) is 26.7. The third kappa shape index (κ3) is 4.96. The monoisotopic (exact) mass is 691 g/mol. The number of aromatic nitrogens is 3. The van der Waals surface area contributed by atoms with Gasteiger partial charge in [-0.3, -0.25) is 4.98 Å². The number of benzene rings is 6. The molecule has 0 saturated carbocycles. The highest BCUT2D eigenvalue weighted by atomic mass is 16.5. The fourth-order valence-electron chi connectivity index (χ4n) is 8.32. The standard InChI is InChI=1S/C50H33N3O/c1-2-47-44(26-25-37-31-46(33-14-5-3-6-15-33)53-49(52-37)34-16-7-4-8-17-34)50(42-22-11-9-19-40(42)41-20-10-12-23-43(41)50)45-30-35(24-27-48(45)54-47)38-21-13-18-36-32-51-29-28-39(36)38/h2-32H,1H2/b26-25+. The van der Waals surface area contributed by atoms with Gasteiger partial charge in [-0.2, -0.15) is 0 Å². The van der Waals surface area contributed by atoms with Gasteiger partial charge in [0.1, 0.15) is 11.5 Å². The van der Waals surface area contributed by atoms with Gasteiger partial charge in [-0.25, -0.2) is 9.97 Å². The molecule has 0 bridgehead atoms. The summed E-state index contributed by atoms with van der Waals surface area (Å²) in [6.07, 6.45) is 9.90. The van der Waals surface area contributed by atoms with E-state index in [1.54, 1.807) is 0 Å². The molecule has 1 spiro atoms. The number of rotatable bonds is 6. The highest BCUT2D eigenvalue weighted by Crippen LogP contribution is 2.61. The summed E-state index contributed by atoms with van der Waals surface area (Å²) in [5.74, 6) is 2.18. The fourth-order valence-corrected chi connectivity index (χ4v) is 8.32. The first-order valence-corrected chi connectivity index (χ1v) is 18.1. The van der Waals surface area contributed by atoms with Crippen molar-refractivity contribution < 1.29 is 4.74 Å². The molecule has 4 heteroatoms. The van der Waals surface area contributed by atoms with Crippen molar-refractivity contribution in [2.45, 2.75) is 5.41 Å². The summed E-state index contributed by atoms with van der Waals surface area (Å²) < 4.78 is 6.83. The van der Waals surface area contributed by atoms with Crippen LogP contribution in [0.4, 0.5) is 0 Å². The molecule has 1 aliphatic carbocycles. The predicted molar refractivity (Wildman–Crippen MR) is 219 cm³/mol. The Morgan fingerprint density at radius 3 is 1.98 bits per heavy atom. The average molecular weight is 692 g/mol. The van der Waals surface area contributed by atoms with Gasteiger partial charge in [0.15, 0.2) is 5.82 Å². The third-order valence-corrected chi connectivity index (χ3v) is 10.7. The molecule has 0 saturated heterocycles. The van der Waals surface area contributed by atoms with E-state index in [4.69, 9.17) is 14.7 Å². The normalized spacial score (nSPS) is 13.8. The Kier molecular flexibility index (Phi) is 7.48. The van der Waals surface area contributed by atoms with Crippen molar-refractivity contribution in [1.82, 2.24) is 15.0 Å². The first-order valence-electron chi connectivity index (χ1n) is 18.1. The second kappa shape index (κ2) is 12.8. The Bertz CT molecular complexity index is 2710. The highest BCUT2D eigenvalue weighted by Gasteiger charge is 2.51. The molecule has 0 fully saturated rings. The van der Waals surface area contributed by atoms with Gasteiger partial charge in [0.25, 0.3) is 0 Å². The summed E-state index contributed by atoms with van der Waals surface area (Å²) in [5, 5.41) is 2.25. The molecule has 2 aromatic heterocycles. The number of fused-ring (bicyclic) bond motifs is 8. The Morgan fingerprint density at radius 1 is 0.556 bits per heavy atom. The second-order valence-electron chi connectivity index (χ2n) is 13.6. The summed E-state index contributed by atoms with van der Waals surface area (Å²) in [6.45, 7) is 4.29. The van der Waals surface area contributed by atoms with E-state index in [2.05, 4.69) is 133 Å². The highest BCUT2D eigenvalue weighted by molar-refractivity contribution is 5.97. The zero-order valence-electron chi connectivity index (χ0n) is 29.4. The van der Waals surface area contributed by atoms with E-state index in [1.165, 1.54) is 22.3 Å². The minimum Gasteiger partial charge on any atom is -0.457 e. The minimum absolute atomic E-state index is 0.668. The van der Waals surface area contributed by atoms with Gasteiger partial charge < -0.3 is 4.74 Å². The number of ether oxygens (including phenoxy) is 1. The van der Waals surface area contributed by atoms with Crippen molar-refractivity contribution in [1.29, 1.82) is 0 Å². The van der Waals surface area contributed by atoms with Crippen LogP contribution >= 0.6 is 0 Å². The number of nitrogens with zero attached hydrogens (tertiary/aromatic N) is 3. The van der Waals surface area contributed by atoms with Crippen LogP contribution in [0.5, 0.6) is 5.75 Å². The topological polar surface area (TPSA) is 47.9 Å². The van der Waals surface area contributed by atoms with Gasteiger partial charge in [-0.15, -0.1) is 0 Å². The zero-order valence-corrected chi connectivity index (χ0v) is 29.4. The Hall–Kier alpha value is -7.17. The molecule has 2 aliphatic rings. The summed E-state index contributed by atoms with van der Waals surface area (Å²) in [4.78, 5) is 14.5. The van der Waals surface area contributed by atoms with Gasteiger partial charge in [0.05, 0.1) is 16.8 Å². The molecule has 10 rings (SSSR count). The van der Waals surface area contributed by atoms with Gasteiger partial charge >= 0.3 is 0 Å². The molecule has 254 valence electrons. The molecule has 0 N–H and O–H groups in total. The molecule has 0 unspecified atom stereocenters. The van der Waals surface area contributed by atoms with Gasteiger partial charge in [0, 0.05) is 40.0 Å². The maximum atomic E-state index is 6.83. The summed E-state index contributed by atoms with van der Waals surface area (Å²) in [6, 6.07) is 55.1. The van der Waals surface area contributed by atoms with Crippen LogP contribution < -0.4 is 4.74 Å². The van der Waals surface area contributed by atoms with Crippen molar-refractivity contribution in [2.24, 2.45) is 0 Å². The largest absolute Gasteiger partial charge is 0.457 e. The van der Waals surface area contributed by atoms with Gasteiger partial charge in [0.2, 0.25) is 0 Å². The third-order valence-electron chi connectivity index (χ3n) is 10.7. The average Bonchev–Trinajstić information content (AvgIpc) is 3.54. The molecule has 6 aromatic carbocycles. The van der Waals surface area contributed by atoms with Crippen LogP contribution in [0, 0.1) is 0 Å². The number of hydrogen-bond acceptors (Lipinski definition) is 4. The molecule has 8 aromatic rings. The van der Waals surface area contributed by atoms with E-state index in [1.807, 2.05) is 67.0 Å². The molecule has 54 heavy (non-hydrogen) atoms. The van der Waals surface area contributed by atoms with Crippen molar-refractivity contribution >= 4 is 16.8 Å². The molecular formula is C50H33N3O. The zero-order chi connectivity index (χ0) is 36.1. The first kappa shape index (κ1) is 31.6. The van der Waals surface area contributed by atoms with E-state index in [-0.39, 0.29) is 0 Å². The number of pyridine rings is 1. The summed E-state index contributed by atoms with van der Waals surface area (Å²) in [7, 11) is 0. The molecule has 4 nitrogen and oxygen atoms in total. The lowest BCUT2D eigenvalue weighted by molar-refractivity contribution is 0.403.